The van der Waals surface area contributed by atoms with Gasteiger partial charge in [0.1, 0.15) is 0 Å². The predicted octanol–water partition coefficient (Wildman–Crippen LogP) is 0.131. The van der Waals surface area contributed by atoms with Crippen LogP contribution < -0.4 is 0 Å². The van der Waals surface area contributed by atoms with Crippen molar-refractivity contribution < 1.29 is 4.42 Å². The lowest BCUT2D eigenvalue weighted by molar-refractivity contribution is 0.341. The Morgan fingerprint density at radius 2 is 2.44 bits per heavy atom. The van der Waals surface area contributed by atoms with Crippen molar-refractivity contribution in [2.45, 2.75) is 6.54 Å². The van der Waals surface area contributed by atoms with E-state index in [1.54, 1.807) is 0 Å². The van der Waals surface area contributed by atoms with E-state index in [1.165, 1.54) is 6.39 Å². The van der Waals surface area contributed by atoms with Crippen molar-refractivity contribution in [2.75, 3.05) is 14.1 Å². The summed E-state index contributed by atoms with van der Waals surface area (Å²) < 4.78 is 4.88. The van der Waals surface area contributed by atoms with Crippen LogP contribution in [0.1, 0.15) is 5.89 Å². The van der Waals surface area contributed by atoms with Crippen LogP contribution in [0.3, 0.4) is 0 Å². The summed E-state index contributed by atoms with van der Waals surface area (Å²) in [7, 11) is 3.90. The third-order valence-corrected chi connectivity index (χ3v) is 0.857. The molecular formula is C5H9N3O. The van der Waals surface area contributed by atoms with Crippen molar-refractivity contribution in [3.05, 3.63) is 12.3 Å². The lowest BCUT2D eigenvalue weighted by Gasteiger charge is -2.02. The van der Waals surface area contributed by atoms with Crippen molar-refractivity contribution in [1.29, 1.82) is 0 Å². The molecule has 0 spiro atoms. The Labute approximate surface area is 53.5 Å². The molecule has 1 heterocycles. The minimum Gasteiger partial charge on any atom is -0.427 e. The standard InChI is InChI=1S/C5H9N3O/c1-8(2)3-5-7-6-4-9-5/h4H,3H2,1-2H3. The molecule has 4 nitrogen and oxygen atoms in total. The Bertz CT molecular complexity index is 159. The van der Waals surface area contributed by atoms with Crippen molar-refractivity contribution >= 4 is 0 Å². The lowest BCUT2D eigenvalue weighted by Crippen LogP contribution is -2.10. The third-order valence-electron chi connectivity index (χ3n) is 0.857. The van der Waals surface area contributed by atoms with Gasteiger partial charge in [0.25, 0.3) is 0 Å². The van der Waals surface area contributed by atoms with Crippen LogP contribution in [-0.2, 0) is 6.54 Å². The quantitative estimate of drug-likeness (QED) is 0.566. The van der Waals surface area contributed by atoms with Gasteiger partial charge in [0.05, 0.1) is 6.54 Å². The van der Waals surface area contributed by atoms with Crippen LogP contribution in [0.15, 0.2) is 10.8 Å². The van der Waals surface area contributed by atoms with Gasteiger partial charge < -0.3 is 9.32 Å². The third kappa shape index (κ3) is 1.81. The molecule has 0 aliphatic heterocycles. The van der Waals surface area contributed by atoms with E-state index >= 15 is 0 Å². The normalized spacial score (nSPS) is 10.6. The van der Waals surface area contributed by atoms with Crippen molar-refractivity contribution in [3.63, 3.8) is 0 Å². The first-order valence-corrected chi connectivity index (χ1v) is 2.69. The zero-order valence-corrected chi connectivity index (χ0v) is 5.53. The molecule has 0 radical (unpaired) electrons. The highest BCUT2D eigenvalue weighted by Gasteiger charge is 1.97. The fourth-order valence-corrected chi connectivity index (χ4v) is 0.535. The summed E-state index contributed by atoms with van der Waals surface area (Å²) in [6.07, 6.45) is 1.33. The van der Waals surface area contributed by atoms with Crippen LogP contribution >= 0.6 is 0 Å². The number of nitrogens with zero attached hydrogens (tertiary/aromatic N) is 3. The first-order chi connectivity index (χ1) is 4.29. The highest BCUT2D eigenvalue weighted by Crippen LogP contribution is 1.93. The van der Waals surface area contributed by atoms with Crippen LogP contribution in [0.5, 0.6) is 0 Å². The van der Waals surface area contributed by atoms with Crippen molar-refractivity contribution in [2.24, 2.45) is 0 Å². The summed E-state index contributed by atoms with van der Waals surface area (Å²) in [5.41, 5.74) is 0. The molecule has 0 atom stereocenters. The number of aromatic nitrogens is 2. The molecule has 0 unspecified atom stereocenters. The Balaban J connectivity index is 2.48. The number of hydrogen-bond acceptors (Lipinski definition) is 4. The van der Waals surface area contributed by atoms with Gasteiger partial charge in [-0.3, -0.25) is 0 Å². The maximum Gasteiger partial charge on any atom is 0.230 e. The first-order valence-electron chi connectivity index (χ1n) is 2.69. The highest BCUT2D eigenvalue weighted by atomic mass is 16.4. The summed E-state index contributed by atoms with van der Waals surface area (Å²) in [6.45, 7) is 0.708. The Hall–Kier alpha value is -0.900. The average molecular weight is 127 g/mol. The zero-order chi connectivity index (χ0) is 6.69. The van der Waals surface area contributed by atoms with Gasteiger partial charge in [0.2, 0.25) is 12.3 Å². The molecule has 1 aromatic heterocycles. The molecule has 0 aliphatic carbocycles. The number of hydrogen-bond donors (Lipinski definition) is 0. The van der Waals surface area contributed by atoms with Gasteiger partial charge in [-0.25, -0.2) is 0 Å². The highest BCUT2D eigenvalue weighted by molar-refractivity contribution is 4.70. The monoisotopic (exact) mass is 127 g/mol. The molecule has 0 fully saturated rings. The lowest BCUT2D eigenvalue weighted by atomic mass is 10.6. The summed E-state index contributed by atoms with van der Waals surface area (Å²) in [5.74, 6) is 0.653. The average Bonchev–Trinajstić information content (AvgIpc) is 2.15. The molecule has 50 valence electrons. The second-order valence-electron chi connectivity index (χ2n) is 2.07. The van der Waals surface area contributed by atoms with Crippen LogP contribution in [0, 0.1) is 0 Å². The molecule has 0 amide bonds. The Kier molecular flexibility index (Phi) is 1.79. The van der Waals surface area contributed by atoms with Gasteiger partial charge in [-0.05, 0) is 14.1 Å². The van der Waals surface area contributed by atoms with Crippen molar-refractivity contribution in [3.8, 4) is 0 Å². The fourth-order valence-electron chi connectivity index (χ4n) is 0.535. The SMILES string of the molecule is CN(C)Cc1nnco1. The van der Waals surface area contributed by atoms with E-state index < -0.39 is 0 Å². The molecule has 1 rings (SSSR count). The van der Waals surface area contributed by atoms with Gasteiger partial charge in [0, 0.05) is 0 Å². The maximum absolute atomic E-state index is 4.88. The number of rotatable bonds is 2. The van der Waals surface area contributed by atoms with Gasteiger partial charge in [-0.2, -0.15) is 0 Å². The summed E-state index contributed by atoms with van der Waals surface area (Å²) in [5, 5.41) is 7.23. The van der Waals surface area contributed by atoms with Crippen LogP contribution in [0.2, 0.25) is 0 Å². The minimum absolute atomic E-state index is 0.653. The summed E-state index contributed by atoms with van der Waals surface area (Å²) in [6, 6.07) is 0. The topological polar surface area (TPSA) is 42.2 Å². The molecule has 0 aromatic carbocycles. The second kappa shape index (κ2) is 2.59. The summed E-state index contributed by atoms with van der Waals surface area (Å²) in [4.78, 5) is 1.97. The van der Waals surface area contributed by atoms with E-state index in [-0.39, 0.29) is 0 Å². The van der Waals surface area contributed by atoms with Gasteiger partial charge in [-0.15, -0.1) is 10.2 Å². The van der Waals surface area contributed by atoms with Crippen molar-refractivity contribution in [1.82, 2.24) is 15.1 Å². The van der Waals surface area contributed by atoms with E-state index in [0.29, 0.717) is 12.4 Å². The maximum atomic E-state index is 4.88. The molecule has 0 saturated heterocycles. The molecule has 0 bridgehead atoms. The molecule has 0 N–H and O–H groups in total. The first kappa shape index (κ1) is 6.22. The van der Waals surface area contributed by atoms with E-state index in [0.717, 1.165) is 0 Å². The molecule has 1 aromatic rings. The van der Waals surface area contributed by atoms with E-state index in [2.05, 4.69) is 10.2 Å². The zero-order valence-electron chi connectivity index (χ0n) is 5.53. The van der Waals surface area contributed by atoms with E-state index in [4.69, 9.17) is 4.42 Å². The van der Waals surface area contributed by atoms with Crippen LogP contribution in [-0.4, -0.2) is 29.2 Å². The Morgan fingerprint density at radius 1 is 1.67 bits per heavy atom. The largest absolute Gasteiger partial charge is 0.427 e. The summed E-state index contributed by atoms with van der Waals surface area (Å²) >= 11 is 0. The van der Waals surface area contributed by atoms with Gasteiger partial charge >= 0.3 is 0 Å². The van der Waals surface area contributed by atoms with Gasteiger partial charge in [0.15, 0.2) is 0 Å². The minimum atomic E-state index is 0.653. The molecule has 4 heteroatoms. The Morgan fingerprint density at radius 3 is 2.89 bits per heavy atom. The van der Waals surface area contributed by atoms with Gasteiger partial charge in [-0.1, -0.05) is 0 Å². The fraction of sp³-hybridized carbons (Fsp3) is 0.600. The molecular weight excluding hydrogens is 118 g/mol. The molecule has 0 aliphatic rings. The smallest absolute Gasteiger partial charge is 0.230 e. The molecule has 9 heavy (non-hydrogen) atoms. The second-order valence-corrected chi connectivity index (χ2v) is 2.07. The predicted molar refractivity (Wildman–Crippen MR) is 31.7 cm³/mol. The molecule has 0 saturated carbocycles. The van der Waals surface area contributed by atoms with E-state index in [1.807, 2.05) is 19.0 Å². The van der Waals surface area contributed by atoms with Crippen LogP contribution in [0.25, 0.3) is 0 Å². The van der Waals surface area contributed by atoms with Crippen LogP contribution in [0.4, 0.5) is 0 Å². The van der Waals surface area contributed by atoms with E-state index in [9.17, 15) is 0 Å².